The maximum atomic E-state index is 6.65. The van der Waals surface area contributed by atoms with Crippen molar-refractivity contribution in [1.29, 1.82) is 0 Å². The van der Waals surface area contributed by atoms with E-state index in [1.807, 2.05) is 59.3 Å². The fraction of sp³-hybridized carbons (Fsp3) is 0.0833. The molecular weight excluding hydrogens is 476 g/mol. The Bertz CT molecular complexity index is 1330. The summed E-state index contributed by atoms with van der Waals surface area (Å²) in [4.78, 5) is 4.46. The molecule has 31 heavy (non-hydrogen) atoms. The number of nitrogens with one attached hydrogen (secondary N) is 1. The smallest absolute Gasteiger partial charge is 0.226 e. The van der Waals surface area contributed by atoms with E-state index in [4.69, 9.17) is 16.3 Å². The largest absolute Gasteiger partial charge is 0.480 e. The van der Waals surface area contributed by atoms with Crippen molar-refractivity contribution in [3.8, 4) is 5.75 Å². The third kappa shape index (κ3) is 2.98. The van der Waals surface area contributed by atoms with Gasteiger partial charge in [-0.05, 0) is 35.9 Å². The molecule has 3 heterocycles. The Labute approximate surface area is 192 Å². The molecule has 0 unspecified atom stereocenters. The summed E-state index contributed by atoms with van der Waals surface area (Å²) >= 11 is 10.2. The monoisotopic (exact) mass is 490 g/mol. The number of fused-ring (bicyclic) bond motifs is 3. The maximum absolute atomic E-state index is 6.65. The molecule has 3 aromatic carbocycles. The molecule has 0 fully saturated rings. The topological polar surface area (TPSA) is 52.0 Å². The van der Waals surface area contributed by atoms with Gasteiger partial charge < -0.3 is 10.1 Å². The van der Waals surface area contributed by atoms with Gasteiger partial charge in [-0.25, -0.2) is 4.68 Å². The molecule has 7 heteroatoms. The SMILES string of the molecule is Clc1ccccc1[C@H]1Oc2ccccc2C2=C1[C@H](c1ccc(Br)cc1)n1ncnc1N2. The van der Waals surface area contributed by atoms with Crippen molar-refractivity contribution in [2.45, 2.75) is 12.1 Å². The molecule has 1 aromatic heterocycles. The van der Waals surface area contributed by atoms with E-state index in [1.165, 1.54) is 0 Å². The second-order valence-electron chi connectivity index (χ2n) is 7.45. The van der Waals surface area contributed by atoms with E-state index in [9.17, 15) is 0 Å². The van der Waals surface area contributed by atoms with E-state index in [0.29, 0.717) is 11.0 Å². The summed E-state index contributed by atoms with van der Waals surface area (Å²) in [5.74, 6) is 1.50. The molecule has 6 rings (SSSR count). The molecule has 0 bridgehead atoms. The lowest BCUT2D eigenvalue weighted by molar-refractivity contribution is 0.223. The number of benzene rings is 3. The molecule has 4 aromatic rings. The van der Waals surface area contributed by atoms with Gasteiger partial charge in [0.15, 0.2) is 6.10 Å². The molecule has 0 saturated heterocycles. The van der Waals surface area contributed by atoms with Gasteiger partial charge in [-0.3, -0.25) is 0 Å². The Morgan fingerprint density at radius 2 is 1.74 bits per heavy atom. The standard InChI is InChI=1S/C24H16BrClN4O/c25-15-11-9-14(10-12-15)22-20-21(29-24-27-13-28-30(22)24)17-6-2-4-8-19(17)31-23(20)16-5-1-3-7-18(16)26/h1-13,22-23H,(H,27,28,29)/t22-,23+/m0/s1. The highest BCUT2D eigenvalue weighted by atomic mass is 79.9. The highest BCUT2D eigenvalue weighted by Crippen LogP contribution is 2.51. The zero-order valence-corrected chi connectivity index (χ0v) is 18.5. The van der Waals surface area contributed by atoms with Gasteiger partial charge in [0.25, 0.3) is 0 Å². The lowest BCUT2D eigenvalue weighted by Crippen LogP contribution is -2.32. The Kier molecular flexibility index (Phi) is 4.37. The molecule has 0 aliphatic carbocycles. The van der Waals surface area contributed by atoms with E-state index in [-0.39, 0.29) is 12.1 Å². The maximum Gasteiger partial charge on any atom is 0.226 e. The van der Waals surface area contributed by atoms with E-state index >= 15 is 0 Å². The molecule has 0 spiro atoms. The summed E-state index contributed by atoms with van der Waals surface area (Å²) in [6.07, 6.45) is 1.20. The number of hydrogen-bond acceptors (Lipinski definition) is 4. The Morgan fingerprint density at radius 3 is 2.58 bits per heavy atom. The van der Waals surface area contributed by atoms with Crippen LogP contribution in [0.1, 0.15) is 28.8 Å². The third-order valence-corrected chi connectivity index (χ3v) is 6.57. The number of aromatic nitrogens is 3. The first kappa shape index (κ1) is 18.7. The summed E-state index contributed by atoms with van der Waals surface area (Å²) in [7, 11) is 0. The molecule has 0 radical (unpaired) electrons. The van der Waals surface area contributed by atoms with E-state index in [2.05, 4.69) is 49.5 Å². The van der Waals surface area contributed by atoms with Crippen LogP contribution in [0.15, 0.2) is 89.2 Å². The lowest BCUT2D eigenvalue weighted by Gasteiger charge is -2.39. The summed E-state index contributed by atoms with van der Waals surface area (Å²) in [6.45, 7) is 0. The van der Waals surface area contributed by atoms with Crippen molar-refractivity contribution < 1.29 is 4.74 Å². The molecular formula is C24H16BrClN4O. The van der Waals surface area contributed by atoms with Crippen LogP contribution in [0, 0.1) is 0 Å². The van der Waals surface area contributed by atoms with Crippen LogP contribution in [0.5, 0.6) is 5.75 Å². The fourth-order valence-corrected chi connectivity index (χ4v) is 4.83. The van der Waals surface area contributed by atoms with Crippen LogP contribution in [0.3, 0.4) is 0 Å². The van der Waals surface area contributed by atoms with Crippen molar-refractivity contribution in [3.63, 3.8) is 0 Å². The summed E-state index contributed by atoms with van der Waals surface area (Å²) in [5, 5.41) is 8.71. The van der Waals surface area contributed by atoms with E-state index in [0.717, 1.165) is 38.2 Å². The quantitative estimate of drug-likeness (QED) is 0.360. The highest BCUT2D eigenvalue weighted by Gasteiger charge is 2.41. The first-order valence-electron chi connectivity index (χ1n) is 9.87. The van der Waals surface area contributed by atoms with Crippen molar-refractivity contribution in [1.82, 2.24) is 14.8 Å². The first-order valence-corrected chi connectivity index (χ1v) is 11.0. The van der Waals surface area contributed by atoms with Gasteiger partial charge >= 0.3 is 0 Å². The summed E-state index contributed by atoms with van der Waals surface area (Å²) in [5.41, 5.74) is 5.03. The van der Waals surface area contributed by atoms with Crippen LogP contribution in [0.25, 0.3) is 5.70 Å². The number of rotatable bonds is 2. The average Bonchev–Trinajstić information content (AvgIpc) is 3.27. The van der Waals surface area contributed by atoms with Gasteiger partial charge in [-0.15, -0.1) is 0 Å². The van der Waals surface area contributed by atoms with Gasteiger partial charge in [-0.2, -0.15) is 10.1 Å². The predicted octanol–water partition coefficient (Wildman–Crippen LogP) is 6.25. The summed E-state index contributed by atoms with van der Waals surface area (Å²) < 4.78 is 9.51. The predicted molar refractivity (Wildman–Crippen MR) is 124 cm³/mol. The molecule has 2 atom stereocenters. The fourth-order valence-electron chi connectivity index (χ4n) is 4.33. The lowest BCUT2D eigenvalue weighted by atomic mass is 9.84. The molecule has 2 aliphatic rings. The molecule has 2 aliphatic heterocycles. The Hall–Kier alpha value is -3.09. The number of ether oxygens (including phenoxy) is 1. The molecule has 0 saturated carbocycles. The number of halogens is 2. The first-order chi connectivity index (χ1) is 15.2. The van der Waals surface area contributed by atoms with Crippen molar-refractivity contribution in [3.05, 3.63) is 111 Å². The van der Waals surface area contributed by atoms with Gasteiger partial charge in [0.2, 0.25) is 5.95 Å². The number of hydrogen-bond donors (Lipinski definition) is 1. The van der Waals surface area contributed by atoms with Crippen LogP contribution in [0.4, 0.5) is 5.95 Å². The van der Waals surface area contributed by atoms with E-state index in [1.54, 1.807) is 6.33 Å². The van der Waals surface area contributed by atoms with Crippen LogP contribution in [-0.4, -0.2) is 14.8 Å². The number of para-hydroxylation sites is 1. The van der Waals surface area contributed by atoms with Crippen LogP contribution < -0.4 is 10.1 Å². The molecule has 152 valence electrons. The second-order valence-corrected chi connectivity index (χ2v) is 8.78. The minimum Gasteiger partial charge on any atom is -0.480 e. The van der Waals surface area contributed by atoms with Crippen molar-refractivity contribution in [2.75, 3.05) is 5.32 Å². The van der Waals surface area contributed by atoms with Gasteiger partial charge in [0.1, 0.15) is 18.1 Å². The number of nitrogens with zero attached hydrogens (tertiary/aromatic N) is 3. The van der Waals surface area contributed by atoms with E-state index < -0.39 is 0 Å². The molecule has 1 N–H and O–H groups in total. The van der Waals surface area contributed by atoms with Crippen LogP contribution in [-0.2, 0) is 0 Å². The van der Waals surface area contributed by atoms with Gasteiger partial charge in [-0.1, -0.05) is 70.0 Å². The zero-order chi connectivity index (χ0) is 20.9. The van der Waals surface area contributed by atoms with Crippen molar-refractivity contribution >= 4 is 39.2 Å². The van der Waals surface area contributed by atoms with Crippen molar-refractivity contribution in [2.24, 2.45) is 0 Å². The van der Waals surface area contributed by atoms with Crippen LogP contribution >= 0.6 is 27.5 Å². The minimum absolute atomic E-state index is 0.198. The Balaban J connectivity index is 1.65. The van der Waals surface area contributed by atoms with Gasteiger partial charge in [0.05, 0.1) is 5.70 Å². The average molecular weight is 492 g/mol. The van der Waals surface area contributed by atoms with Gasteiger partial charge in [0, 0.05) is 26.2 Å². The third-order valence-electron chi connectivity index (χ3n) is 5.69. The normalized spacial score (nSPS) is 19.0. The molecule has 5 nitrogen and oxygen atoms in total. The van der Waals surface area contributed by atoms with Crippen LogP contribution in [0.2, 0.25) is 5.02 Å². The number of anilines is 1. The minimum atomic E-state index is -0.378. The zero-order valence-electron chi connectivity index (χ0n) is 16.2. The Morgan fingerprint density at radius 1 is 0.968 bits per heavy atom. The summed E-state index contributed by atoms with van der Waals surface area (Å²) in [6, 6.07) is 23.9. The molecule has 0 amide bonds. The second kappa shape index (κ2) is 7.25. The highest BCUT2D eigenvalue weighted by molar-refractivity contribution is 9.10.